The number of benzene rings is 2. The summed E-state index contributed by atoms with van der Waals surface area (Å²) in [5.41, 5.74) is 4.05. The summed E-state index contributed by atoms with van der Waals surface area (Å²) in [7, 11) is 1.63. The van der Waals surface area contributed by atoms with E-state index in [9.17, 15) is 9.59 Å². The molecule has 5 heteroatoms. The minimum atomic E-state index is -0.0161. The van der Waals surface area contributed by atoms with Gasteiger partial charge in [0.15, 0.2) is 0 Å². The van der Waals surface area contributed by atoms with Gasteiger partial charge >= 0.3 is 0 Å². The van der Waals surface area contributed by atoms with Gasteiger partial charge in [-0.3, -0.25) is 9.59 Å². The lowest BCUT2D eigenvalue weighted by Gasteiger charge is -2.23. The molecule has 25 heavy (non-hydrogen) atoms. The van der Waals surface area contributed by atoms with Crippen molar-refractivity contribution in [1.29, 1.82) is 0 Å². The highest BCUT2D eigenvalue weighted by molar-refractivity contribution is 5.98. The maximum atomic E-state index is 12.7. The van der Waals surface area contributed by atoms with Crippen LogP contribution in [0.15, 0.2) is 48.5 Å². The number of fused-ring (bicyclic) bond motifs is 1. The van der Waals surface area contributed by atoms with E-state index in [1.807, 2.05) is 47.4 Å². The average molecular weight is 337 g/mol. The Morgan fingerprint density at radius 3 is 2.56 bits per heavy atom. The van der Waals surface area contributed by atoms with E-state index >= 15 is 0 Å². The Balaban J connectivity index is 1.60. The highest BCUT2D eigenvalue weighted by atomic mass is 16.2. The lowest BCUT2D eigenvalue weighted by atomic mass is 10.1. The van der Waals surface area contributed by atoms with E-state index in [1.165, 1.54) is 5.56 Å². The number of anilines is 2. The molecule has 0 bridgehead atoms. The zero-order chi connectivity index (χ0) is 17.8. The number of carbonyl (C=O) groups is 2. The van der Waals surface area contributed by atoms with Crippen LogP contribution in [0.5, 0.6) is 0 Å². The van der Waals surface area contributed by atoms with Gasteiger partial charge in [0.1, 0.15) is 0 Å². The van der Waals surface area contributed by atoms with Gasteiger partial charge < -0.3 is 15.5 Å². The summed E-state index contributed by atoms with van der Waals surface area (Å²) in [6, 6.07) is 15.8. The molecule has 1 aliphatic heterocycles. The Hall–Kier alpha value is -2.82. The minimum absolute atomic E-state index is 0.0161. The lowest BCUT2D eigenvalue weighted by Crippen LogP contribution is -2.39. The quantitative estimate of drug-likeness (QED) is 0.880. The first-order valence-electron chi connectivity index (χ1n) is 8.52. The van der Waals surface area contributed by atoms with Gasteiger partial charge in [-0.2, -0.15) is 0 Å². The molecule has 5 nitrogen and oxygen atoms in total. The number of amides is 2. The molecule has 0 spiro atoms. The molecule has 3 rings (SSSR count). The number of carbonyl (C=O) groups excluding carboxylic acids is 2. The molecule has 0 fully saturated rings. The van der Waals surface area contributed by atoms with Crippen molar-refractivity contribution in [2.45, 2.75) is 25.8 Å². The predicted octanol–water partition coefficient (Wildman–Crippen LogP) is 2.36. The van der Waals surface area contributed by atoms with E-state index in [2.05, 4.69) is 23.6 Å². The van der Waals surface area contributed by atoms with Gasteiger partial charge in [0.25, 0.3) is 0 Å². The highest BCUT2D eigenvalue weighted by Gasteiger charge is 2.30. The van der Waals surface area contributed by atoms with E-state index in [1.54, 1.807) is 7.05 Å². The largest absolute Gasteiger partial charge is 0.376 e. The number of hydrogen-bond acceptors (Lipinski definition) is 3. The monoisotopic (exact) mass is 337 g/mol. The number of nitrogens with zero attached hydrogens (tertiary/aromatic N) is 1. The van der Waals surface area contributed by atoms with Crippen LogP contribution in [0.1, 0.15) is 18.1 Å². The summed E-state index contributed by atoms with van der Waals surface area (Å²) >= 11 is 0. The third-order valence-corrected chi connectivity index (χ3v) is 4.52. The molecule has 2 aromatic rings. The average Bonchev–Trinajstić information content (AvgIpc) is 2.96. The van der Waals surface area contributed by atoms with Crippen LogP contribution in [0.25, 0.3) is 0 Å². The fraction of sp³-hybridized carbons (Fsp3) is 0.300. The van der Waals surface area contributed by atoms with Crippen molar-refractivity contribution in [3.05, 3.63) is 59.7 Å². The van der Waals surface area contributed by atoms with Gasteiger partial charge in [0, 0.05) is 24.5 Å². The van der Waals surface area contributed by atoms with Crippen molar-refractivity contribution in [2.75, 3.05) is 23.8 Å². The molecule has 130 valence electrons. The molecular formula is C20H23N3O2. The molecule has 1 atom stereocenters. The molecule has 0 radical (unpaired) electrons. The summed E-state index contributed by atoms with van der Waals surface area (Å²) in [5.74, 6) is 0.0458. The van der Waals surface area contributed by atoms with E-state index in [0.29, 0.717) is 6.42 Å². The Kier molecular flexibility index (Phi) is 5.03. The maximum Gasteiger partial charge on any atom is 0.246 e. The third kappa shape index (κ3) is 3.82. The Morgan fingerprint density at radius 1 is 1.12 bits per heavy atom. The summed E-state index contributed by atoms with van der Waals surface area (Å²) < 4.78 is 0. The first-order valence-corrected chi connectivity index (χ1v) is 8.52. The highest BCUT2D eigenvalue weighted by Crippen LogP contribution is 2.31. The van der Waals surface area contributed by atoms with Crippen LogP contribution >= 0.6 is 0 Å². The number of likely N-dealkylation sites (N-methyl/N-ethyl adjacent to an activating group) is 1. The van der Waals surface area contributed by atoms with Crippen molar-refractivity contribution in [3.63, 3.8) is 0 Å². The molecule has 2 N–H and O–H groups in total. The van der Waals surface area contributed by atoms with Crippen LogP contribution in [0.4, 0.5) is 11.4 Å². The normalized spacial score (nSPS) is 15.6. The topological polar surface area (TPSA) is 61.4 Å². The fourth-order valence-corrected chi connectivity index (χ4v) is 3.22. The van der Waals surface area contributed by atoms with Crippen molar-refractivity contribution in [1.82, 2.24) is 5.32 Å². The third-order valence-electron chi connectivity index (χ3n) is 4.52. The molecule has 0 aliphatic carbocycles. The van der Waals surface area contributed by atoms with E-state index < -0.39 is 0 Å². The van der Waals surface area contributed by atoms with Crippen LogP contribution in [-0.2, 0) is 22.4 Å². The van der Waals surface area contributed by atoms with Crippen molar-refractivity contribution in [2.24, 2.45) is 0 Å². The van der Waals surface area contributed by atoms with Gasteiger partial charge in [-0.1, -0.05) is 30.3 Å². The molecular weight excluding hydrogens is 314 g/mol. The number of rotatable bonds is 5. The summed E-state index contributed by atoms with van der Waals surface area (Å²) in [6.07, 6.45) is 1.26. The Morgan fingerprint density at radius 2 is 1.84 bits per heavy atom. The molecule has 1 aliphatic rings. The summed E-state index contributed by atoms with van der Waals surface area (Å²) in [4.78, 5) is 25.9. The van der Waals surface area contributed by atoms with Crippen LogP contribution in [-0.4, -0.2) is 31.4 Å². The van der Waals surface area contributed by atoms with Gasteiger partial charge in [-0.15, -0.1) is 0 Å². The summed E-state index contributed by atoms with van der Waals surface area (Å²) in [6.45, 7) is 2.32. The molecule has 0 saturated carbocycles. The van der Waals surface area contributed by atoms with Gasteiger partial charge in [-0.05, 0) is 42.7 Å². The smallest absolute Gasteiger partial charge is 0.246 e. The van der Waals surface area contributed by atoms with E-state index in [0.717, 1.165) is 23.4 Å². The second-order valence-corrected chi connectivity index (χ2v) is 6.35. The molecule has 2 amide bonds. The van der Waals surface area contributed by atoms with Crippen LogP contribution in [0, 0.1) is 0 Å². The van der Waals surface area contributed by atoms with Crippen LogP contribution in [0.2, 0.25) is 0 Å². The standard InChI is InChI=1S/C20H23N3O2/c1-14-11-16-5-3-4-6-18(16)23(14)20(25)13-22-17-9-7-15(8-10-17)12-19(24)21-2/h3-10,14,22H,11-13H2,1-2H3,(H,21,24). The number of hydrogen-bond donors (Lipinski definition) is 2. The zero-order valence-corrected chi connectivity index (χ0v) is 14.6. The minimum Gasteiger partial charge on any atom is -0.376 e. The number of para-hydroxylation sites is 1. The molecule has 1 heterocycles. The first-order chi connectivity index (χ1) is 12.1. The van der Waals surface area contributed by atoms with Gasteiger partial charge in [-0.25, -0.2) is 0 Å². The maximum absolute atomic E-state index is 12.7. The van der Waals surface area contributed by atoms with E-state index in [4.69, 9.17) is 0 Å². The molecule has 0 aromatic heterocycles. The van der Waals surface area contributed by atoms with Crippen molar-refractivity contribution >= 4 is 23.2 Å². The zero-order valence-electron chi connectivity index (χ0n) is 14.6. The Bertz CT molecular complexity index is 771. The summed E-state index contributed by atoms with van der Waals surface area (Å²) in [5, 5.41) is 5.78. The second-order valence-electron chi connectivity index (χ2n) is 6.35. The van der Waals surface area contributed by atoms with Crippen molar-refractivity contribution < 1.29 is 9.59 Å². The molecule has 2 aromatic carbocycles. The first kappa shape index (κ1) is 17.0. The SMILES string of the molecule is CNC(=O)Cc1ccc(NCC(=O)N2c3ccccc3CC2C)cc1. The van der Waals surface area contributed by atoms with Gasteiger partial charge in [0.2, 0.25) is 11.8 Å². The van der Waals surface area contributed by atoms with Crippen molar-refractivity contribution in [3.8, 4) is 0 Å². The molecule has 0 saturated heterocycles. The van der Waals surface area contributed by atoms with Crippen LogP contribution < -0.4 is 15.5 Å². The fourth-order valence-electron chi connectivity index (χ4n) is 3.22. The Labute approximate surface area is 148 Å². The lowest BCUT2D eigenvalue weighted by molar-refractivity contribution is -0.120. The predicted molar refractivity (Wildman–Crippen MR) is 99.8 cm³/mol. The molecule has 1 unspecified atom stereocenters. The number of nitrogens with one attached hydrogen (secondary N) is 2. The van der Waals surface area contributed by atoms with Gasteiger partial charge in [0.05, 0.1) is 13.0 Å². The van der Waals surface area contributed by atoms with Crippen LogP contribution in [0.3, 0.4) is 0 Å². The second kappa shape index (κ2) is 7.38. The van der Waals surface area contributed by atoms with E-state index in [-0.39, 0.29) is 24.4 Å².